The van der Waals surface area contributed by atoms with Crippen LogP contribution in [0.4, 0.5) is 18.9 Å². The molecule has 2 rings (SSSR count). The molecule has 0 saturated heterocycles. The summed E-state index contributed by atoms with van der Waals surface area (Å²) in [5.41, 5.74) is -0.379. The van der Waals surface area contributed by atoms with E-state index < -0.39 is 27.8 Å². The van der Waals surface area contributed by atoms with Crippen molar-refractivity contribution in [1.82, 2.24) is 10.2 Å². The Labute approximate surface area is 221 Å². The fourth-order valence-electron chi connectivity index (χ4n) is 4.02. The molecule has 2 amide bonds. The molecule has 0 saturated carbocycles. The Hall–Kier alpha value is -3.28. The smallest absolute Gasteiger partial charge is 0.416 e. The molecule has 1 N–H and O–H groups in total. The van der Waals surface area contributed by atoms with E-state index in [0.717, 1.165) is 34.3 Å². The zero-order chi connectivity index (χ0) is 28.5. The van der Waals surface area contributed by atoms with Crippen LogP contribution in [-0.2, 0) is 32.3 Å². The Kier molecular flexibility index (Phi) is 11.0. The number of sulfonamides is 1. The number of carbonyl (C=O) groups is 2. The van der Waals surface area contributed by atoms with Crippen LogP contribution in [0.3, 0.4) is 0 Å². The van der Waals surface area contributed by atoms with Crippen molar-refractivity contribution < 1.29 is 35.9 Å². The van der Waals surface area contributed by atoms with Gasteiger partial charge < -0.3 is 15.0 Å². The van der Waals surface area contributed by atoms with Crippen LogP contribution < -0.4 is 14.4 Å². The summed E-state index contributed by atoms with van der Waals surface area (Å²) in [6.07, 6.45) is -3.48. The number of nitrogens with one attached hydrogen (secondary N) is 1. The monoisotopic (exact) mass is 557 g/mol. The van der Waals surface area contributed by atoms with Crippen molar-refractivity contribution in [2.45, 2.75) is 51.9 Å². The summed E-state index contributed by atoms with van der Waals surface area (Å²) in [5, 5.41) is 2.74. The highest BCUT2D eigenvalue weighted by Gasteiger charge is 2.32. The molecule has 0 unspecified atom stereocenters. The molecule has 38 heavy (non-hydrogen) atoms. The third-order valence-electron chi connectivity index (χ3n) is 5.84. The Morgan fingerprint density at radius 1 is 1.08 bits per heavy atom. The molecule has 0 fully saturated rings. The zero-order valence-electron chi connectivity index (χ0n) is 21.9. The van der Waals surface area contributed by atoms with Gasteiger partial charge >= 0.3 is 6.18 Å². The summed E-state index contributed by atoms with van der Waals surface area (Å²) in [6, 6.07) is 10.3. The molecule has 0 aliphatic heterocycles. The van der Waals surface area contributed by atoms with Gasteiger partial charge in [-0.25, -0.2) is 8.42 Å². The van der Waals surface area contributed by atoms with E-state index in [9.17, 15) is 31.2 Å². The van der Waals surface area contributed by atoms with Gasteiger partial charge in [0.2, 0.25) is 21.8 Å². The molecule has 2 aromatic carbocycles. The lowest BCUT2D eigenvalue weighted by Crippen LogP contribution is -2.49. The average molecular weight is 558 g/mol. The van der Waals surface area contributed by atoms with E-state index in [1.54, 1.807) is 38.1 Å². The molecule has 0 aliphatic rings. The van der Waals surface area contributed by atoms with Crippen molar-refractivity contribution in [3.05, 3.63) is 59.7 Å². The van der Waals surface area contributed by atoms with Crippen molar-refractivity contribution in [3.63, 3.8) is 0 Å². The fraction of sp³-hybridized carbons (Fsp3) is 0.462. The molecule has 210 valence electrons. The van der Waals surface area contributed by atoms with Crippen molar-refractivity contribution in [2.24, 2.45) is 0 Å². The van der Waals surface area contributed by atoms with Gasteiger partial charge in [-0.2, -0.15) is 13.2 Å². The summed E-state index contributed by atoms with van der Waals surface area (Å²) in [6.45, 7) is 3.85. The molecular weight excluding hydrogens is 523 g/mol. The summed E-state index contributed by atoms with van der Waals surface area (Å²) < 4.78 is 70.4. The van der Waals surface area contributed by atoms with Gasteiger partial charge in [0.15, 0.2) is 0 Å². The average Bonchev–Trinajstić information content (AvgIpc) is 2.85. The second kappa shape index (κ2) is 13.5. The number of carbonyl (C=O) groups excluding carboxylic acids is 2. The van der Waals surface area contributed by atoms with Crippen molar-refractivity contribution >= 4 is 27.5 Å². The maximum atomic E-state index is 13.4. The lowest BCUT2D eigenvalue weighted by atomic mass is 10.1. The number of rotatable bonds is 13. The first kappa shape index (κ1) is 30.9. The predicted octanol–water partition coefficient (Wildman–Crippen LogP) is 4.20. The number of hydrogen-bond acceptors (Lipinski definition) is 5. The second-order valence-corrected chi connectivity index (χ2v) is 10.6. The van der Waals surface area contributed by atoms with E-state index in [1.807, 2.05) is 0 Å². The first-order valence-electron chi connectivity index (χ1n) is 12.2. The first-order chi connectivity index (χ1) is 17.8. The number of hydrogen-bond donors (Lipinski definition) is 1. The highest BCUT2D eigenvalue weighted by molar-refractivity contribution is 7.92. The number of ether oxygens (including phenoxy) is 1. The standard InChI is InChI=1S/C26H34F3N3O5S/c1-5-23(25(34)30-6-2)31(18-19-10-7-13-22(16-19)37-3)24(33)14-9-15-32(38(4,35)36)21-12-8-11-20(17-21)26(27,28)29/h7-8,10-13,16-17,23H,5-6,9,14-15,18H2,1-4H3,(H,30,34)/t23-/m0/s1. The van der Waals surface area contributed by atoms with Gasteiger partial charge in [-0.05, 0) is 55.7 Å². The predicted molar refractivity (Wildman–Crippen MR) is 139 cm³/mol. The van der Waals surface area contributed by atoms with Crippen LogP contribution in [0.15, 0.2) is 48.5 Å². The van der Waals surface area contributed by atoms with Gasteiger partial charge in [-0.15, -0.1) is 0 Å². The quantitative estimate of drug-likeness (QED) is 0.398. The zero-order valence-corrected chi connectivity index (χ0v) is 22.7. The number of alkyl halides is 3. The third kappa shape index (κ3) is 8.64. The van der Waals surface area contributed by atoms with Crippen LogP contribution >= 0.6 is 0 Å². The lowest BCUT2D eigenvalue weighted by Gasteiger charge is -2.31. The van der Waals surface area contributed by atoms with Crippen LogP contribution in [0.2, 0.25) is 0 Å². The molecule has 0 aliphatic carbocycles. The first-order valence-corrected chi connectivity index (χ1v) is 14.0. The Bertz CT molecular complexity index is 1200. The van der Waals surface area contributed by atoms with Crippen molar-refractivity contribution in [3.8, 4) is 5.75 Å². The van der Waals surface area contributed by atoms with Gasteiger partial charge in [0.1, 0.15) is 11.8 Å². The van der Waals surface area contributed by atoms with Gasteiger partial charge in [-0.1, -0.05) is 25.1 Å². The second-order valence-electron chi connectivity index (χ2n) is 8.68. The third-order valence-corrected chi connectivity index (χ3v) is 7.03. The molecule has 12 heteroatoms. The molecule has 2 aromatic rings. The summed E-state index contributed by atoms with van der Waals surface area (Å²) in [5.74, 6) is -0.109. The van der Waals surface area contributed by atoms with E-state index in [4.69, 9.17) is 4.74 Å². The largest absolute Gasteiger partial charge is 0.497 e. The maximum Gasteiger partial charge on any atom is 0.416 e. The number of likely N-dealkylation sites (N-methyl/N-ethyl adjacent to an activating group) is 1. The van der Waals surface area contributed by atoms with E-state index in [0.29, 0.717) is 18.7 Å². The summed E-state index contributed by atoms with van der Waals surface area (Å²) >= 11 is 0. The molecular formula is C26H34F3N3O5S. The minimum absolute atomic E-state index is 0.0303. The lowest BCUT2D eigenvalue weighted by molar-refractivity contribution is -0.141. The summed E-state index contributed by atoms with van der Waals surface area (Å²) in [4.78, 5) is 27.5. The fourth-order valence-corrected chi connectivity index (χ4v) is 4.98. The normalized spacial score (nSPS) is 12.5. The molecule has 0 spiro atoms. The molecule has 0 radical (unpaired) electrons. The Morgan fingerprint density at radius 3 is 2.34 bits per heavy atom. The van der Waals surface area contributed by atoms with Crippen molar-refractivity contribution in [2.75, 3.05) is 30.8 Å². The number of amides is 2. The Balaban J connectivity index is 2.26. The van der Waals surface area contributed by atoms with E-state index in [2.05, 4.69) is 5.32 Å². The van der Waals surface area contributed by atoms with Crippen LogP contribution in [-0.4, -0.2) is 57.6 Å². The number of anilines is 1. The van der Waals surface area contributed by atoms with E-state index >= 15 is 0 Å². The van der Waals surface area contributed by atoms with Crippen LogP contribution in [0, 0.1) is 0 Å². The maximum absolute atomic E-state index is 13.4. The molecule has 0 aromatic heterocycles. The van der Waals surface area contributed by atoms with Crippen LogP contribution in [0.5, 0.6) is 5.75 Å². The topological polar surface area (TPSA) is 96.0 Å². The highest BCUT2D eigenvalue weighted by Crippen LogP contribution is 2.32. The molecule has 0 heterocycles. The SMILES string of the molecule is CCNC(=O)[C@H](CC)N(Cc1cccc(OC)c1)C(=O)CCCN(c1cccc(C(F)(F)F)c1)S(C)(=O)=O. The number of methoxy groups -OCH3 is 1. The van der Waals surface area contributed by atoms with Crippen LogP contribution in [0.1, 0.15) is 44.2 Å². The van der Waals surface area contributed by atoms with Gasteiger partial charge in [0.25, 0.3) is 0 Å². The van der Waals surface area contributed by atoms with E-state index in [-0.39, 0.29) is 43.4 Å². The minimum Gasteiger partial charge on any atom is -0.497 e. The minimum atomic E-state index is -4.63. The van der Waals surface area contributed by atoms with Crippen molar-refractivity contribution in [1.29, 1.82) is 0 Å². The number of benzene rings is 2. The van der Waals surface area contributed by atoms with Gasteiger partial charge in [-0.3, -0.25) is 13.9 Å². The molecule has 8 nitrogen and oxygen atoms in total. The summed E-state index contributed by atoms with van der Waals surface area (Å²) in [7, 11) is -2.42. The molecule has 1 atom stereocenters. The van der Waals surface area contributed by atoms with E-state index in [1.165, 1.54) is 18.1 Å². The number of nitrogens with zero attached hydrogens (tertiary/aromatic N) is 2. The molecule has 0 bridgehead atoms. The highest BCUT2D eigenvalue weighted by atomic mass is 32.2. The Morgan fingerprint density at radius 2 is 1.76 bits per heavy atom. The van der Waals surface area contributed by atoms with Gasteiger partial charge in [0, 0.05) is 26.1 Å². The van der Waals surface area contributed by atoms with Gasteiger partial charge in [0.05, 0.1) is 24.6 Å². The number of halogens is 3. The van der Waals surface area contributed by atoms with Crippen LogP contribution in [0.25, 0.3) is 0 Å².